The van der Waals surface area contributed by atoms with Crippen LogP contribution in [0.1, 0.15) is 59.8 Å². The second-order valence-corrected chi connectivity index (χ2v) is 8.63. The first-order valence-corrected chi connectivity index (χ1v) is 10.4. The minimum Gasteiger partial charge on any atom is -0.444 e. The van der Waals surface area contributed by atoms with E-state index in [1.165, 1.54) is 12.8 Å². The minimum atomic E-state index is -0.446. The summed E-state index contributed by atoms with van der Waals surface area (Å²) in [6.07, 6.45) is 9.47. The van der Waals surface area contributed by atoms with E-state index >= 15 is 0 Å². The Bertz CT molecular complexity index is 533. The zero-order valence-corrected chi connectivity index (χ0v) is 20.6. The normalized spacial score (nSPS) is 18.8. The van der Waals surface area contributed by atoms with Crippen molar-refractivity contribution in [1.29, 1.82) is 0 Å². The Morgan fingerprint density at radius 2 is 1.89 bits per heavy atom. The van der Waals surface area contributed by atoms with Crippen molar-refractivity contribution in [3.63, 3.8) is 0 Å². The monoisotopic (exact) mass is 506 g/mol. The largest absolute Gasteiger partial charge is 0.444 e. The lowest BCUT2D eigenvalue weighted by Gasteiger charge is -2.40. The first kappa shape index (κ1) is 25.0. The van der Waals surface area contributed by atoms with Crippen LogP contribution in [0.4, 0.5) is 4.79 Å². The Morgan fingerprint density at radius 1 is 1.25 bits per heavy atom. The number of halogens is 1. The number of guanidine groups is 1. The molecule has 6 nitrogen and oxygen atoms in total. The highest BCUT2D eigenvalue weighted by atomic mass is 127. The van der Waals surface area contributed by atoms with Gasteiger partial charge in [-0.05, 0) is 65.7 Å². The number of allylic oxidation sites excluding steroid dienone is 1. The predicted octanol–water partition coefficient (Wildman–Crippen LogP) is 4.26. The highest BCUT2D eigenvalue weighted by Gasteiger charge is 2.35. The smallest absolute Gasteiger partial charge is 0.410 e. The standard InChI is InChI=1S/C21H38N4O2.HI/c1-6-7-8-13-23-19(22-5)24-14-11-18(12-15-24)25(16-17-9-10-17)20(26)27-21(2,3)4;/h6-7,17-18H,8-16H2,1-5H3,(H,22,23);1H/b7-6+;. The number of carbonyl (C=O) groups is 1. The van der Waals surface area contributed by atoms with Gasteiger partial charge in [-0.25, -0.2) is 4.79 Å². The van der Waals surface area contributed by atoms with Gasteiger partial charge in [-0.2, -0.15) is 0 Å². The molecule has 2 fully saturated rings. The molecule has 162 valence electrons. The summed E-state index contributed by atoms with van der Waals surface area (Å²) in [7, 11) is 1.84. The second kappa shape index (κ2) is 11.9. The molecule has 0 radical (unpaired) electrons. The van der Waals surface area contributed by atoms with E-state index in [0.717, 1.165) is 51.4 Å². The van der Waals surface area contributed by atoms with E-state index in [1.807, 2.05) is 39.6 Å². The number of ether oxygens (including phenoxy) is 1. The van der Waals surface area contributed by atoms with Crippen LogP contribution in [0, 0.1) is 5.92 Å². The molecular formula is C21H39IN4O2. The van der Waals surface area contributed by atoms with E-state index in [4.69, 9.17) is 4.74 Å². The number of rotatable bonds is 6. The topological polar surface area (TPSA) is 57.2 Å². The maximum Gasteiger partial charge on any atom is 0.410 e. The predicted molar refractivity (Wildman–Crippen MR) is 126 cm³/mol. The average molecular weight is 506 g/mol. The van der Waals surface area contributed by atoms with Crippen molar-refractivity contribution in [1.82, 2.24) is 15.1 Å². The number of nitrogens with zero attached hydrogens (tertiary/aromatic N) is 3. The van der Waals surface area contributed by atoms with Crippen LogP contribution < -0.4 is 5.32 Å². The number of likely N-dealkylation sites (tertiary alicyclic amines) is 1. The molecule has 1 amide bonds. The Hall–Kier alpha value is -0.990. The molecule has 0 spiro atoms. The second-order valence-electron chi connectivity index (χ2n) is 8.63. The Morgan fingerprint density at radius 3 is 2.39 bits per heavy atom. The Labute approximate surface area is 188 Å². The summed E-state index contributed by atoms with van der Waals surface area (Å²) in [6.45, 7) is 11.4. The number of piperidine rings is 1. The van der Waals surface area contributed by atoms with E-state index in [1.54, 1.807) is 0 Å². The van der Waals surface area contributed by atoms with Gasteiger partial charge in [0.2, 0.25) is 0 Å². The van der Waals surface area contributed by atoms with Crippen molar-refractivity contribution >= 4 is 36.0 Å². The minimum absolute atomic E-state index is 0. The van der Waals surface area contributed by atoms with E-state index in [-0.39, 0.29) is 36.1 Å². The number of hydrogen-bond donors (Lipinski definition) is 1. The molecule has 0 aromatic heterocycles. The first-order chi connectivity index (χ1) is 12.8. The molecule has 7 heteroatoms. The van der Waals surface area contributed by atoms with Gasteiger partial charge in [0.1, 0.15) is 5.60 Å². The number of carbonyl (C=O) groups excluding carboxylic acids is 1. The maximum absolute atomic E-state index is 12.7. The molecule has 1 saturated heterocycles. The van der Waals surface area contributed by atoms with Crippen LogP contribution >= 0.6 is 24.0 Å². The molecule has 0 unspecified atom stereocenters. The van der Waals surface area contributed by atoms with Crippen LogP contribution in [0.25, 0.3) is 0 Å². The van der Waals surface area contributed by atoms with E-state index in [9.17, 15) is 4.79 Å². The van der Waals surface area contributed by atoms with Crippen LogP contribution in [0.15, 0.2) is 17.1 Å². The molecule has 0 bridgehead atoms. The highest BCUT2D eigenvalue weighted by molar-refractivity contribution is 14.0. The molecule has 0 aromatic rings. The van der Waals surface area contributed by atoms with Crippen molar-refractivity contribution in [2.45, 2.75) is 71.4 Å². The summed E-state index contributed by atoms with van der Waals surface area (Å²) in [5, 5.41) is 3.43. The zero-order chi connectivity index (χ0) is 19.9. The van der Waals surface area contributed by atoms with Gasteiger partial charge in [-0.3, -0.25) is 4.99 Å². The number of aliphatic imine (C=N–C) groups is 1. The highest BCUT2D eigenvalue weighted by Crippen LogP contribution is 2.32. The molecule has 28 heavy (non-hydrogen) atoms. The van der Waals surface area contributed by atoms with Gasteiger partial charge in [0.25, 0.3) is 0 Å². The third kappa shape index (κ3) is 8.57. The first-order valence-electron chi connectivity index (χ1n) is 10.4. The Balaban J connectivity index is 0.00000392. The van der Waals surface area contributed by atoms with Crippen molar-refractivity contribution in [3.8, 4) is 0 Å². The zero-order valence-electron chi connectivity index (χ0n) is 18.2. The molecule has 2 rings (SSSR count). The molecule has 1 heterocycles. The molecule has 0 aromatic carbocycles. The van der Waals surface area contributed by atoms with Crippen molar-refractivity contribution < 1.29 is 9.53 Å². The van der Waals surface area contributed by atoms with Gasteiger partial charge in [0.15, 0.2) is 5.96 Å². The quantitative estimate of drug-likeness (QED) is 0.192. The molecule has 1 aliphatic carbocycles. The van der Waals surface area contributed by atoms with Gasteiger partial charge >= 0.3 is 6.09 Å². The molecule has 1 saturated carbocycles. The van der Waals surface area contributed by atoms with Gasteiger partial charge in [-0.1, -0.05) is 12.2 Å². The lowest BCUT2D eigenvalue weighted by molar-refractivity contribution is 0.00929. The van der Waals surface area contributed by atoms with Gasteiger partial charge in [0, 0.05) is 39.3 Å². The molecule has 1 aliphatic heterocycles. The van der Waals surface area contributed by atoms with Crippen LogP contribution in [0.2, 0.25) is 0 Å². The van der Waals surface area contributed by atoms with Crippen LogP contribution in [-0.4, -0.2) is 66.7 Å². The summed E-state index contributed by atoms with van der Waals surface area (Å²) in [6, 6.07) is 0.262. The lowest BCUT2D eigenvalue weighted by Crippen LogP contribution is -2.52. The Kier molecular flexibility index (Phi) is 10.6. The summed E-state index contributed by atoms with van der Waals surface area (Å²) >= 11 is 0. The lowest BCUT2D eigenvalue weighted by atomic mass is 10.0. The average Bonchev–Trinajstić information content (AvgIpc) is 3.43. The van der Waals surface area contributed by atoms with Gasteiger partial charge < -0.3 is 19.9 Å². The fraction of sp³-hybridized carbons (Fsp3) is 0.810. The summed E-state index contributed by atoms with van der Waals surface area (Å²) in [5.74, 6) is 1.63. The van der Waals surface area contributed by atoms with Crippen molar-refractivity contribution in [3.05, 3.63) is 12.2 Å². The molecule has 0 atom stereocenters. The molecule has 1 N–H and O–H groups in total. The molecular weight excluding hydrogens is 467 g/mol. The van der Waals surface area contributed by atoms with Crippen molar-refractivity contribution in [2.75, 3.05) is 33.2 Å². The maximum atomic E-state index is 12.7. The van der Waals surface area contributed by atoms with Gasteiger partial charge in [0.05, 0.1) is 0 Å². The number of nitrogens with one attached hydrogen (secondary N) is 1. The number of hydrogen-bond acceptors (Lipinski definition) is 3. The van der Waals surface area contributed by atoms with E-state index < -0.39 is 5.60 Å². The van der Waals surface area contributed by atoms with Crippen LogP contribution in [0.3, 0.4) is 0 Å². The molecule has 2 aliphatic rings. The third-order valence-corrected chi connectivity index (χ3v) is 5.03. The van der Waals surface area contributed by atoms with Crippen LogP contribution in [-0.2, 0) is 4.74 Å². The van der Waals surface area contributed by atoms with Crippen molar-refractivity contribution in [2.24, 2.45) is 10.9 Å². The van der Waals surface area contributed by atoms with Crippen LogP contribution in [0.5, 0.6) is 0 Å². The SMILES string of the molecule is C/C=C/CCNC(=NC)N1CCC(N(CC2CC2)C(=O)OC(C)(C)C)CC1.I. The third-order valence-electron chi connectivity index (χ3n) is 5.03. The summed E-state index contributed by atoms with van der Waals surface area (Å²) < 4.78 is 5.68. The fourth-order valence-corrected chi connectivity index (χ4v) is 3.43. The summed E-state index contributed by atoms with van der Waals surface area (Å²) in [4.78, 5) is 21.5. The number of amides is 1. The van der Waals surface area contributed by atoms with E-state index in [0.29, 0.717) is 5.92 Å². The van der Waals surface area contributed by atoms with E-state index in [2.05, 4.69) is 27.4 Å². The van der Waals surface area contributed by atoms with Gasteiger partial charge in [-0.15, -0.1) is 24.0 Å². The fourth-order valence-electron chi connectivity index (χ4n) is 3.43. The summed E-state index contributed by atoms with van der Waals surface area (Å²) in [5.41, 5.74) is -0.446.